The maximum Gasteiger partial charge on any atom is 0.323 e. The first-order chi connectivity index (χ1) is 8.45. The Balaban J connectivity index is 2.20. The van der Waals surface area contributed by atoms with Gasteiger partial charge < -0.3 is 15.4 Å². The van der Waals surface area contributed by atoms with Gasteiger partial charge in [-0.15, -0.1) is 0 Å². The van der Waals surface area contributed by atoms with Crippen molar-refractivity contribution >= 4 is 11.9 Å². The predicted molar refractivity (Wildman–Crippen MR) is 70.5 cm³/mol. The molecule has 0 amide bonds. The summed E-state index contributed by atoms with van der Waals surface area (Å²) in [7, 11) is 0. The fourth-order valence-corrected chi connectivity index (χ4v) is 2.06. The second kappa shape index (κ2) is 4.96. The molecule has 6 nitrogen and oxygen atoms in total. The van der Waals surface area contributed by atoms with E-state index in [-0.39, 0.29) is 12.1 Å². The van der Waals surface area contributed by atoms with Crippen molar-refractivity contribution in [2.75, 3.05) is 23.7 Å². The highest BCUT2D eigenvalue weighted by Crippen LogP contribution is 2.26. The number of hydrogen-bond donors (Lipinski definition) is 1. The van der Waals surface area contributed by atoms with Gasteiger partial charge in [-0.1, -0.05) is 13.8 Å². The van der Waals surface area contributed by atoms with E-state index in [0.717, 1.165) is 13.1 Å². The van der Waals surface area contributed by atoms with Crippen LogP contribution in [0.1, 0.15) is 27.7 Å². The van der Waals surface area contributed by atoms with Gasteiger partial charge in [0, 0.05) is 13.1 Å². The average molecular weight is 251 g/mol. The molecule has 0 spiro atoms. The quantitative estimate of drug-likeness (QED) is 0.873. The molecule has 2 heterocycles. The van der Waals surface area contributed by atoms with Gasteiger partial charge in [0.2, 0.25) is 11.9 Å². The fourth-order valence-electron chi connectivity index (χ4n) is 2.06. The molecule has 18 heavy (non-hydrogen) atoms. The Labute approximate surface area is 108 Å². The predicted octanol–water partition coefficient (Wildman–Crippen LogP) is 1.33. The van der Waals surface area contributed by atoms with Crippen molar-refractivity contribution in [1.82, 2.24) is 15.0 Å². The first kappa shape index (κ1) is 12.9. The molecule has 0 bridgehead atoms. The number of nitrogens with two attached hydrogens (primary N) is 1. The molecule has 1 aromatic heterocycles. The molecule has 0 aliphatic carbocycles. The van der Waals surface area contributed by atoms with Gasteiger partial charge in [-0.25, -0.2) is 0 Å². The van der Waals surface area contributed by atoms with Crippen molar-refractivity contribution in [3.63, 3.8) is 0 Å². The van der Waals surface area contributed by atoms with Gasteiger partial charge in [-0.05, 0) is 25.7 Å². The van der Waals surface area contributed by atoms with E-state index in [2.05, 4.69) is 33.7 Å². The first-order valence-corrected chi connectivity index (χ1v) is 6.39. The molecule has 2 N–H and O–H groups in total. The Hall–Kier alpha value is -1.59. The van der Waals surface area contributed by atoms with E-state index >= 15 is 0 Å². The minimum absolute atomic E-state index is 0.0241. The third-order valence-corrected chi connectivity index (χ3v) is 3.23. The second-order valence-corrected chi connectivity index (χ2v) is 5.30. The normalized spacial score (nSPS) is 23.7. The van der Waals surface area contributed by atoms with E-state index in [1.165, 1.54) is 0 Å². The van der Waals surface area contributed by atoms with Crippen molar-refractivity contribution in [2.24, 2.45) is 11.8 Å². The number of anilines is 2. The van der Waals surface area contributed by atoms with Gasteiger partial charge in [0.15, 0.2) is 0 Å². The number of nitrogen functional groups attached to an aromatic ring is 1. The standard InChI is InChI=1S/C12H21N5O/c1-7(2)18-12-15-10(13)14-11(16-12)17-5-8(3)9(4)6-17/h7-9H,5-6H2,1-4H3,(H2,13,14,15,16). The molecule has 0 saturated carbocycles. The molecule has 2 rings (SSSR count). The Kier molecular flexibility index (Phi) is 3.54. The summed E-state index contributed by atoms with van der Waals surface area (Å²) >= 11 is 0. The van der Waals surface area contributed by atoms with Gasteiger partial charge in [0.1, 0.15) is 0 Å². The highest BCUT2D eigenvalue weighted by molar-refractivity contribution is 5.37. The minimum Gasteiger partial charge on any atom is -0.461 e. The lowest BCUT2D eigenvalue weighted by molar-refractivity contribution is 0.222. The number of ether oxygens (including phenoxy) is 1. The maximum absolute atomic E-state index is 5.70. The topological polar surface area (TPSA) is 77.2 Å². The van der Waals surface area contributed by atoms with Gasteiger partial charge in [-0.2, -0.15) is 15.0 Å². The van der Waals surface area contributed by atoms with Crippen LogP contribution in [0.15, 0.2) is 0 Å². The molecule has 0 radical (unpaired) electrons. The summed E-state index contributed by atoms with van der Waals surface area (Å²) in [6.07, 6.45) is 0.0241. The highest BCUT2D eigenvalue weighted by Gasteiger charge is 2.28. The summed E-state index contributed by atoms with van der Waals surface area (Å²) in [5.41, 5.74) is 5.70. The van der Waals surface area contributed by atoms with Gasteiger partial charge in [0.05, 0.1) is 6.10 Å². The molecular weight excluding hydrogens is 230 g/mol. The van der Waals surface area contributed by atoms with Crippen LogP contribution in [-0.4, -0.2) is 34.1 Å². The summed E-state index contributed by atoms with van der Waals surface area (Å²) in [6.45, 7) is 10.2. The number of hydrogen-bond acceptors (Lipinski definition) is 6. The maximum atomic E-state index is 5.70. The van der Waals surface area contributed by atoms with Crippen LogP contribution in [0, 0.1) is 11.8 Å². The molecule has 1 aliphatic rings. The lowest BCUT2D eigenvalue weighted by atomic mass is 10.0. The second-order valence-electron chi connectivity index (χ2n) is 5.30. The zero-order chi connectivity index (χ0) is 13.3. The lowest BCUT2D eigenvalue weighted by Gasteiger charge is -2.17. The van der Waals surface area contributed by atoms with E-state index < -0.39 is 0 Å². The van der Waals surface area contributed by atoms with E-state index in [9.17, 15) is 0 Å². The van der Waals surface area contributed by atoms with E-state index in [0.29, 0.717) is 23.8 Å². The van der Waals surface area contributed by atoms with E-state index in [1.807, 2.05) is 13.8 Å². The molecule has 1 aliphatic heterocycles. The van der Waals surface area contributed by atoms with Crippen LogP contribution in [0.3, 0.4) is 0 Å². The van der Waals surface area contributed by atoms with Crippen LogP contribution in [0.2, 0.25) is 0 Å². The van der Waals surface area contributed by atoms with Crippen molar-refractivity contribution in [2.45, 2.75) is 33.8 Å². The van der Waals surface area contributed by atoms with Crippen molar-refractivity contribution in [3.8, 4) is 6.01 Å². The molecule has 1 saturated heterocycles. The zero-order valence-electron chi connectivity index (χ0n) is 11.4. The Morgan fingerprint density at radius 1 is 1.17 bits per heavy atom. The molecule has 6 heteroatoms. The zero-order valence-corrected chi connectivity index (χ0v) is 11.4. The number of aromatic nitrogens is 3. The van der Waals surface area contributed by atoms with E-state index in [4.69, 9.17) is 10.5 Å². The summed E-state index contributed by atoms with van der Waals surface area (Å²) in [5, 5.41) is 0. The van der Waals surface area contributed by atoms with Crippen LogP contribution in [-0.2, 0) is 0 Å². The third-order valence-electron chi connectivity index (χ3n) is 3.23. The summed E-state index contributed by atoms with van der Waals surface area (Å²) in [5.74, 6) is 2.10. The van der Waals surface area contributed by atoms with Crippen LogP contribution in [0.4, 0.5) is 11.9 Å². The van der Waals surface area contributed by atoms with Crippen LogP contribution >= 0.6 is 0 Å². The Morgan fingerprint density at radius 2 is 1.78 bits per heavy atom. The van der Waals surface area contributed by atoms with Crippen LogP contribution in [0.5, 0.6) is 6.01 Å². The summed E-state index contributed by atoms with van der Waals surface area (Å²) < 4.78 is 5.48. The minimum atomic E-state index is 0.0241. The molecule has 100 valence electrons. The van der Waals surface area contributed by atoms with Crippen LogP contribution in [0.25, 0.3) is 0 Å². The SMILES string of the molecule is CC(C)Oc1nc(N)nc(N2CC(C)C(C)C2)n1. The molecular formula is C12H21N5O. The number of nitrogens with zero attached hydrogens (tertiary/aromatic N) is 4. The van der Waals surface area contributed by atoms with Gasteiger partial charge >= 0.3 is 6.01 Å². The Morgan fingerprint density at radius 3 is 2.33 bits per heavy atom. The third kappa shape index (κ3) is 2.80. The van der Waals surface area contributed by atoms with Crippen molar-refractivity contribution in [3.05, 3.63) is 0 Å². The molecule has 1 aromatic rings. The average Bonchev–Trinajstić information content (AvgIpc) is 2.57. The molecule has 2 unspecified atom stereocenters. The summed E-state index contributed by atoms with van der Waals surface area (Å²) in [4.78, 5) is 14.6. The van der Waals surface area contributed by atoms with Crippen molar-refractivity contribution < 1.29 is 4.74 Å². The monoisotopic (exact) mass is 251 g/mol. The molecule has 0 aromatic carbocycles. The lowest BCUT2D eigenvalue weighted by Crippen LogP contribution is -2.23. The Bertz CT molecular complexity index is 413. The largest absolute Gasteiger partial charge is 0.461 e. The van der Waals surface area contributed by atoms with E-state index in [1.54, 1.807) is 0 Å². The van der Waals surface area contributed by atoms with Crippen LogP contribution < -0.4 is 15.4 Å². The van der Waals surface area contributed by atoms with Gasteiger partial charge in [0.25, 0.3) is 0 Å². The molecule has 2 atom stereocenters. The first-order valence-electron chi connectivity index (χ1n) is 6.39. The number of rotatable bonds is 3. The molecule has 1 fully saturated rings. The van der Waals surface area contributed by atoms with Crippen molar-refractivity contribution in [1.29, 1.82) is 0 Å². The summed E-state index contributed by atoms with van der Waals surface area (Å²) in [6, 6.07) is 0.305. The fraction of sp³-hybridized carbons (Fsp3) is 0.750. The van der Waals surface area contributed by atoms with Gasteiger partial charge in [-0.3, -0.25) is 0 Å². The highest BCUT2D eigenvalue weighted by atomic mass is 16.5. The smallest absolute Gasteiger partial charge is 0.323 e.